The summed E-state index contributed by atoms with van der Waals surface area (Å²) in [6, 6.07) is 6.26. The first-order valence-corrected chi connectivity index (χ1v) is 13.7. The summed E-state index contributed by atoms with van der Waals surface area (Å²) in [5, 5.41) is 2.05. The van der Waals surface area contributed by atoms with Crippen molar-refractivity contribution in [2.24, 2.45) is 0 Å². The quantitative estimate of drug-likeness (QED) is 0.560. The Bertz CT molecular complexity index is 1100. The number of aryl methyl sites for hydroxylation is 1. The van der Waals surface area contributed by atoms with Crippen LogP contribution in [0.2, 0.25) is 0 Å². The lowest BCUT2D eigenvalue weighted by Crippen LogP contribution is -2.47. The molecule has 1 fully saturated rings. The summed E-state index contributed by atoms with van der Waals surface area (Å²) in [6.45, 7) is 7.36. The van der Waals surface area contributed by atoms with E-state index in [4.69, 9.17) is 4.42 Å². The van der Waals surface area contributed by atoms with Crippen LogP contribution in [0.3, 0.4) is 0 Å². The predicted molar refractivity (Wildman–Crippen MR) is 117 cm³/mol. The van der Waals surface area contributed by atoms with E-state index in [1.54, 1.807) is 12.3 Å². The summed E-state index contributed by atoms with van der Waals surface area (Å²) < 4.78 is 70.5. The molecule has 31 heavy (non-hydrogen) atoms. The van der Waals surface area contributed by atoms with Crippen molar-refractivity contribution in [3.63, 3.8) is 0 Å². The molecule has 172 valence electrons. The first kappa shape index (κ1) is 23.9. The maximum atomic E-state index is 13.6. The molecule has 7 nitrogen and oxygen atoms in total. The highest BCUT2D eigenvalue weighted by Gasteiger charge is 2.46. The van der Waals surface area contributed by atoms with Crippen LogP contribution in [0.25, 0.3) is 0 Å². The Balaban J connectivity index is 1.87. The third-order valence-corrected chi connectivity index (χ3v) is 10.0. The Hall–Kier alpha value is -1.75. The zero-order chi connectivity index (χ0) is 22.8. The zero-order valence-electron chi connectivity index (χ0n) is 17.9. The van der Waals surface area contributed by atoms with Gasteiger partial charge in [-0.15, -0.1) is 0 Å². The SMILES string of the molecule is CCN(CC)C(CN[C@H]1CS(=O)(=O)C[C@@H]1S(=O)(=O)c1ccc(F)c(C)c1)c1ccco1. The number of halogens is 1. The highest BCUT2D eigenvalue weighted by atomic mass is 32.2. The van der Waals surface area contributed by atoms with Crippen molar-refractivity contribution < 1.29 is 25.6 Å². The molecule has 0 saturated carbocycles. The molecule has 3 atom stereocenters. The van der Waals surface area contributed by atoms with Gasteiger partial charge in [0.05, 0.1) is 34.0 Å². The molecule has 1 aromatic heterocycles. The van der Waals surface area contributed by atoms with Gasteiger partial charge in [0.1, 0.15) is 11.6 Å². The molecule has 1 aliphatic heterocycles. The van der Waals surface area contributed by atoms with Gasteiger partial charge in [-0.2, -0.15) is 0 Å². The molecule has 10 heteroatoms. The van der Waals surface area contributed by atoms with Crippen LogP contribution in [0.4, 0.5) is 4.39 Å². The fourth-order valence-electron chi connectivity index (χ4n) is 4.10. The van der Waals surface area contributed by atoms with E-state index in [0.717, 1.165) is 24.9 Å². The highest BCUT2D eigenvalue weighted by Crippen LogP contribution is 2.28. The van der Waals surface area contributed by atoms with Gasteiger partial charge in [-0.05, 0) is 55.9 Å². The smallest absolute Gasteiger partial charge is 0.183 e. The normalized spacial score (nSPS) is 22.1. The van der Waals surface area contributed by atoms with Crippen molar-refractivity contribution in [1.29, 1.82) is 0 Å². The minimum Gasteiger partial charge on any atom is -0.468 e. The van der Waals surface area contributed by atoms with E-state index in [9.17, 15) is 21.2 Å². The summed E-state index contributed by atoms with van der Waals surface area (Å²) in [6.07, 6.45) is 1.58. The van der Waals surface area contributed by atoms with Gasteiger partial charge in [-0.3, -0.25) is 4.90 Å². The maximum Gasteiger partial charge on any atom is 0.183 e. The summed E-state index contributed by atoms with van der Waals surface area (Å²) in [7, 11) is -7.52. The van der Waals surface area contributed by atoms with Gasteiger partial charge in [-0.1, -0.05) is 13.8 Å². The van der Waals surface area contributed by atoms with Crippen molar-refractivity contribution in [3.05, 3.63) is 53.7 Å². The van der Waals surface area contributed by atoms with E-state index in [2.05, 4.69) is 10.2 Å². The second-order valence-corrected chi connectivity index (χ2v) is 12.2. The molecule has 1 unspecified atom stereocenters. The monoisotopic (exact) mass is 472 g/mol. The van der Waals surface area contributed by atoms with Crippen molar-refractivity contribution >= 4 is 19.7 Å². The minimum absolute atomic E-state index is 0.0633. The van der Waals surface area contributed by atoms with Crippen LogP contribution >= 0.6 is 0 Å². The summed E-state index contributed by atoms with van der Waals surface area (Å²) in [5.74, 6) is -0.501. The first-order chi connectivity index (χ1) is 14.6. The van der Waals surface area contributed by atoms with Gasteiger partial charge in [0.2, 0.25) is 0 Å². The van der Waals surface area contributed by atoms with Crippen LogP contribution in [0, 0.1) is 12.7 Å². The standard InChI is InChI=1S/C21H29FN2O5S2/c1-4-24(5-2)19(20-7-6-10-29-20)12-23-18-13-30(25,26)14-21(18)31(27,28)16-8-9-17(22)15(3)11-16/h6-11,18-19,21,23H,4-5,12-14H2,1-3H3/t18-,19?,21-/m0/s1. The van der Waals surface area contributed by atoms with E-state index in [-0.39, 0.29) is 22.3 Å². The van der Waals surface area contributed by atoms with Crippen molar-refractivity contribution in [2.75, 3.05) is 31.1 Å². The summed E-state index contributed by atoms with van der Waals surface area (Å²) in [4.78, 5) is 2.09. The second-order valence-electron chi connectivity index (χ2n) is 7.84. The van der Waals surface area contributed by atoms with Crippen LogP contribution in [-0.4, -0.2) is 64.2 Å². The Labute approximate surface area is 183 Å². The maximum absolute atomic E-state index is 13.6. The molecule has 0 radical (unpaired) electrons. The Kier molecular flexibility index (Phi) is 7.25. The number of furan rings is 1. The number of likely N-dealkylation sites (N-methyl/N-ethyl adjacent to an activating group) is 1. The first-order valence-electron chi connectivity index (χ1n) is 10.3. The van der Waals surface area contributed by atoms with Crippen molar-refractivity contribution in [1.82, 2.24) is 10.2 Å². The molecule has 0 spiro atoms. The van der Waals surface area contributed by atoms with Gasteiger partial charge in [0, 0.05) is 12.6 Å². The van der Waals surface area contributed by atoms with Gasteiger partial charge < -0.3 is 9.73 Å². The van der Waals surface area contributed by atoms with Gasteiger partial charge in [0.25, 0.3) is 0 Å². The molecular weight excluding hydrogens is 443 g/mol. The van der Waals surface area contributed by atoms with Crippen molar-refractivity contribution in [2.45, 2.75) is 43.0 Å². The topological polar surface area (TPSA) is 96.7 Å². The van der Waals surface area contributed by atoms with E-state index < -0.39 is 42.5 Å². The number of rotatable bonds is 9. The van der Waals surface area contributed by atoms with E-state index in [0.29, 0.717) is 6.54 Å². The lowest BCUT2D eigenvalue weighted by molar-refractivity contribution is 0.185. The fourth-order valence-corrected chi connectivity index (χ4v) is 8.90. The third kappa shape index (κ3) is 5.19. The molecule has 2 heterocycles. The average molecular weight is 473 g/mol. The zero-order valence-corrected chi connectivity index (χ0v) is 19.5. The predicted octanol–water partition coefficient (Wildman–Crippen LogP) is 2.34. The van der Waals surface area contributed by atoms with Crippen molar-refractivity contribution in [3.8, 4) is 0 Å². The Morgan fingerprint density at radius 3 is 2.52 bits per heavy atom. The number of benzene rings is 1. The fraction of sp³-hybridized carbons (Fsp3) is 0.524. The molecule has 1 N–H and O–H groups in total. The van der Waals surface area contributed by atoms with Gasteiger partial charge in [-0.25, -0.2) is 21.2 Å². The number of nitrogens with zero attached hydrogens (tertiary/aromatic N) is 1. The average Bonchev–Trinajstić information content (AvgIpc) is 3.35. The van der Waals surface area contributed by atoms with E-state index >= 15 is 0 Å². The molecule has 2 aromatic rings. The number of hydrogen-bond acceptors (Lipinski definition) is 7. The molecule has 3 rings (SSSR count). The van der Waals surface area contributed by atoms with Crippen LogP contribution in [0.1, 0.15) is 31.2 Å². The lowest BCUT2D eigenvalue weighted by atomic mass is 10.1. The largest absolute Gasteiger partial charge is 0.468 e. The van der Waals surface area contributed by atoms with Gasteiger partial charge in [0.15, 0.2) is 19.7 Å². The highest BCUT2D eigenvalue weighted by molar-refractivity contribution is 7.96. The molecule has 1 aliphatic rings. The van der Waals surface area contributed by atoms with Crippen LogP contribution in [0.15, 0.2) is 45.9 Å². The number of hydrogen-bond donors (Lipinski definition) is 1. The van der Waals surface area contributed by atoms with Crippen LogP contribution < -0.4 is 5.32 Å². The Morgan fingerprint density at radius 2 is 1.94 bits per heavy atom. The molecule has 0 bridgehead atoms. The van der Waals surface area contributed by atoms with Crippen LogP contribution in [0.5, 0.6) is 0 Å². The number of sulfone groups is 2. The molecule has 0 aliphatic carbocycles. The lowest BCUT2D eigenvalue weighted by Gasteiger charge is -2.30. The molecule has 0 amide bonds. The number of nitrogens with one attached hydrogen (secondary N) is 1. The Morgan fingerprint density at radius 1 is 1.23 bits per heavy atom. The summed E-state index contributed by atoms with van der Waals surface area (Å²) in [5.41, 5.74) is 0.200. The molecule has 1 saturated heterocycles. The van der Waals surface area contributed by atoms with Gasteiger partial charge >= 0.3 is 0 Å². The van der Waals surface area contributed by atoms with E-state index in [1.807, 2.05) is 19.9 Å². The summed E-state index contributed by atoms with van der Waals surface area (Å²) >= 11 is 0. The van der Waals surface area contributed by atoms with Crippen LogP contribution in [-0.2, 0) is 19.7 Å². The molecule has 1 aromatic carbocycles. The van der Waals surface area contributed by atoms with E-state index in [1.165, 1.54) is 19.1 Å². The minimum atomic E-state index is -3.98. The second kappa shape index (κ2) is 9.40. The molecular formula is C21H29FN2O5S2. The third-order valence-electron chi connectivity index (χ3n) is 5.86.